The Labute approximate surface area is 114 Å². The average molecular weight is 262 g/mol. The highest BCUT2D eigenvalue weighted by molar-refractivity contribution is 7.99. The van der Waals surface area contributed by atoms with Gasteiger partial charge in [-0.25, -0.2) is 0 Å². The Bertz CT molecular complexity index is 382. The van der Waals surface area contributed by atoms with Crippen molar-refractivity contribution in [2.45, 2.75) is 31.7 Å². The van der Waals surface area contributed by atoms with Gasteiger partial charge in [-0.05, 0) is 43.6 Å². The summed E-state index contributed by atoms with van der Waals surface area (Å²) in [6, 6.07) is 9.50. The average Bonchev–Trinajstić information content (AvgIpc) is 2.93. The molecule has 0 aromatic heterocycles. The molecular formula is C15H22N2S. The molecule has 2 fully saturated rings. The molecule has 1 N–H and O–H groups in total. The predicted octanol–water partition coefficient (Wildman–Crippen LogP) is 3.59. The van der Waals surface area contributed by atoms with Crippen LogP contribution in [0.15, 0.2) is 24.3 Å². The minimum atomic E-state index is 0.668. The van der Waals surface area contributed by atoms with Crippen LogP contribution < -0.4 is 10.2 Å². The number of anilines is 2. The molecule has 0 saturated carbocycles. The van der Waals surface area contributed by atoms with Crippen molar-refractivity contribution in [3.63, 3.8) is 0 Å². The molecule has 1 atom stereocenters. The fourth-order valence-corrected chi connectivity index (χ4v) is 4.03. The quantitative estimate of drug-likeness (QED) is 0.896. The summed E-state index contributed by atoms with van der Waals surface area (Å²) in [7, 11) is 0. The van der Waals surface area contributed by atoms with Crippen molar-refractivity contribution in [3.05, 3.63) is 24.3 Å². The van der Waals surface area contributed by atoms with Gasteiger partial charge in [-0.3, -0.25) is 0 Å². The zero-order chi connectivity index (χ0) is 12.2. The Hall–Kier alpha value is -0.830. The van der Waals surface area contributed by atoms with Crippen molar-refractivity contribution < 1.29 is 0 Å². The van der Waals surface area contributed by atoms with Crippen LogP contribution in [0.25, 0.3) is 0 Å². The summed E-state index contributed by atoms with van der Waals surface area (Å²) >= 11 is 2.07. The van der Waals surface area contributed by atoms with Crippen LogP contribution in [0.3, 0.4) is 0 Å². The first-order chi connectivity index (χ1) is 8.93. The highest BCUT2D eigenvalue weighted by Gasteiger charge is 2.18. The van der Waals surface area contributed by atoms with E-state index >= 15 is 0 Å². The van der Waals surface area contributed by atoms with Crippen LogP contribution in [-0.2, 0) is 0 Å². The molecule has 2 heterocycles. The molecule has 0 bridgehead atoms. The third-order valence-corrected chi connectivity index (χ3v) is 5.05. The highest BCUT2D eigenvalue weighted by atomic mass is 32.2. The van der Waals surface area contributed by atoms with Crippen molar-refractivity contribution in [2.75, 3.05) is 34.8 Å². The van der Waals surface area contributed by atoms with E-state index in [1.54, 1.807) is 0 Å². The minimum absolute atomic E-state index is 0.668. The van der Waals surface area contributed by atoms with E-state index in [1.807, 2.05) is 0 Å². The lowest BCUT2D eigenvalue weighted by atomic mass is 10.1. The minimum Gasteiger partial charge on any atom is -0.380 e. The SMILES string of the molecule is c1ccc(N2CCCCC2)c(NC2CCSC2)c1. The fourth-order valence-electron chi connectivity index (χ4n) is 2.87. The molecule has 2 saturated heterocycles. The van der Waals surface area contributed by atoms with Gasteiger partial charge < -0.3 is 10.2 Å². The van der Waals surface area contributed by atoms with Gasteiger partial charge in [0.25, 0.3) is 0 Å². The molecule has 1 unspecified atom stereocenters. The van der Waals surface area contributed by atoms with Gasteiger partial charge in [0.05, 0.1) is 11.4 Å². The molecule has 3 rings (SSSR count). The van der Waals surface area contributed by atoms with Gasteiger partial charge in [0.15, 0.2) is 0 Å². The maximum atomic E-state index is 3.74. The summed E-state index contributed by atoms with van der Waals surface area (Å²) in [4.78, 5) is 2.55. The first-order valence-electron chi connectivity index (χ1n) is 7.12. The Balaban J connectivity index is 1.75. The Morgan fingerprint density at radius 3 is 2.72 bits per heavy atom. The van der Waals surface area contributed by atoms with E-state index in [2.05, 4.69) is 46.2 Å². The predicted molar refractivity (Wildman–Crippen MR) is 81.9 cm³/mol. The van der Waals surface area contributed by atoms with Crippen LogP contribution in [-0.4, -0.2) is 30.6 Å². The number of benzene rings is 1. The van der Waals surface area contributed by atoms with E-state index in [0.29, 0.717) is 6.04 Å². The lowest BCUT2D eigenvalue weighted by molar-refractivity contribution is 0.578. The summed E-state index contributed by atoms with van der Waals surface area (Å²) in [6.45, 7) is 2.44. The van der Waals surface area contributed by atoms with Crippen molar-refractivity contribution in [1.82, 2.24) is 0 Å². The first-order valence-corrected chi connectivity index (χ1v) is 8.27. The number of hydrogen-bond acceptors (Lipinski definition) is 3. The lowest BCUT2D eigenvalue weighted by Gasteiger charge is -2.31. The zero-order valence-corrected chi connectivity index (χ0v) is 11.7. The van der Waals surface area contributed by atoms with Gasteiger partial charge in [-0.1, -0.05) is 12.1 Å². The molecule has 0 spiro atoms. The molecule has 1 aromatic carbocycles. The summed E-state index contributed by atoms with van der Waals surface area (Å²) in [6.07, 6.45) is 5.38. The number of piperidine rings is 1. The van der Waals surface area contributed by atoms with E-state index in [9.17, 15) is 0 Å². The maximum absolute atomic E-state index is 3.74. The normalized spacial score (nSPS) is 24.2. The smallest absolute Gasteiger partial charge is 0.0602 e. The standard InChI is InChI=1S/C15H22N2S/c1-4-9-17(10-5-1)15-7-3-2-6-14(15)16-13-8-11-18-12-13/h2-3,6-7,13,16H,1,4-5,8-12H2. The first kappa shape index (κ1) is 12.2. The molecule has 0 amide bonds. The molecule has 98 valence electrons. The van der Waals surface area contributed by atoms with Crippen molar-refractivity contribution in [3.8, 4) is 0 Å². The molecule has 0 radical (unpaired) electrons. The highest BCUT2D eigenvalue weighted by Crippen LogP contribution is 2.30. The van der Waals surface area contributed by atoms with Crippen LogP contribution in [0, 0.1) is 0 Å². The third kappa shape index (κ3) is 2.77. The molecule has 18 heavy (non-hydrogen) atoms. The summed E-state index contributed by atoms with van der Waals surface area (Å²) in [5, 5.41) is 3.74. The third-order valence-electron chi connectivity index (χ3n) is 3.89. The van der Waals surface area contributed by atoms with Gasteiger partial charge in [-0.2, -0.15) is 11.8 Å². The second-order valence-electron chi connectivity index (χ2n) is 5.27. The number of nitrogens with zero attached hydrogens (tertiary/aromatic N) is 1. The summed E-state index contributed by atoms with van der Waals surface area (Å²) < 4.78 is 0. The van der Waals surface area contributed by atoms with Gasteiger partial charge in [0.1, 0.15) is 0 Å². The summed E-state index contributed by atoms with van der Waals surface area (Å²) in [5.41, 5.74) is 2.75. The monoisotopic (exact) mass is 262 g/mol. The summed E-state index contributed by atoms with van der Waals surface area (Å²) in [5.74, 6) is 2.57. The van der Waals surface area contributed by atoms with Crippen LogP contribution in [0.2, 0.25) is 0 Å². The number of hydrogen-bond donors (Lipinski definition) is 1. The van der Waals surface area contributed by atoms with Gasteiger partial charge in [-0.15, -0.1) is 0 Å². The topological polar surface area (TPSA) is 15.3 Å². The lowest BCUT2D eigenvalue weighted by Crippen LogP contribution is -2.30. The fraction of sp³-hybridized carbons (Fsp3) is 0.600. The van der Waals surface area contributed by atoms with Crippen molar-refractivity contribution in [1.29, 1.82) is 0 Å². The van der Waals surface area contributed by atoms with Crippen LogP contribution in [0.1, 0.15) is 25.7 Å². The van der Waals surface area contributed by atoms with E-state index in [1.165, 1.54) is 61.7 Å². The number of nitrogens with one attached hydrogen (secondary N) is 1. The van der Waals surface area contributed by atoms with Gasteiger partial charge in [0.2, 0.25) is 0 Å². The molecule has 3 heteroatoms. The molecule has 0 aliphatic carbocycles. The van der Waals surface area contributed by atoms with E-state index in [4.69, 9.17) is 0 Å². The van der Waals surface area contributed by atoms with Crippen LogP contribution in [0.5, 0.6) is 0 Å². The number of rotatable bonds is 3. The van der Waals surface area contributed by atoms with Crippen molar-refractivity contribution in [2.24, 2.45) is 0 Å². The van der Waals surface area contributed by atoms with Gasteiger partial charge >= 0.3 is 0 Å². The van der Waals surface area contributed by atoms with Crippen molar-refractivity contribution >= 4 is 23.1 Å². The molecule has 2 aliphatic heterocycles. The molecule has 1 aromatic rings. The van der Waals surface area contributed by atoms with E-state index in [-0.39, 0.29) is 0 Å². The van der Waals surface area contributed by atoms with E-state index < -0.39 is 0 Å². The Morgan fingerprint density at radius 1 is 1.11 bits per heavy atom. The maximum Gasteiger partial charge on any atom is 0.0602 e. The largest absolute Gasteiger partial charge is 0.380 e. The zero-order valence-electron chi connectivity index (χ0n) is 10.9. The second kappa shape index (κ2) is 5.87. The molecule has 2 aliphatic rings. The molecular weight excluding hydrogens is 240 g/mol. The van der Waals surface area contributed by atoms with Crippen LogP contribution in [0.4, 0.5) is 11.4 Å². The van der Waals surface area contributed by atoms with E-state index in [0.717, 1.165) is 0 Å². The number of para-hydroxylation sites is 2. The Kier molecular flexibility index (Phi) is 3.99. The second-order valence-corrected chi connectivity index (χ2v) is 6.42. The van der Waals surface area contributed by atoms with Crippen LogP contribution >= 0.6 is 11.8 Å². The Morgan fingerprint density at radius 2 is 1.94 bits per heavy atom. The number of thioether (sulfide) groups is 1. The van der Waals surface area contributed by atoms with Gasteiger partial charge in [0, 0.05) is 24.9 Å². The molecule has 2 nitrogen and oxygen atoms in total.